The zero-order chi connectivity index (χ0) is 17.1. The number of carbonyl (C=O) groups is 1. The van der Waals surface area contributed by atoms with Crippen molar-refractivity contribution in [1.82, 2.24) is 4.98 Å². The molecule has 0 amide bonds. The number of aromatic nitrogens is 1. The maximum atomic E-state index is 11.8. The molecule has 24 heavy (non-hydrogen) atoms. The van der Waals surface area contributed by atoms with Gasteiger partial charge in [0, 0.05) is 10.9 Å². The first-order valence-corrected chi connectivity index (χ1v) is 7.77. The van der Waals surface area contributed by atoms with E-state index in [9.17, 15) is 4.79 Å². The van der Waals surface area contributed by atoms with Gasteiger partial charge in [0.1, 0.15) is 6.04 Å². The Morgan fingerprint density at radius 1 is 1.17 bits per heavy atom. The number of hydrogen-bond donors (Lipinski definition) is 2. The molecule has 0 spiro atoms. The molecule has 2 aromatic carbocycles. The van der Waals surface area contributed by atoms with Crippen LogP contribution in [0.4, 0.5) is 5.69 Å². The van der Waals surface area contributed by atoms with Crippen molar-refractivity contribution < 1.29 is 9.53 Å². The third-order valence-corrected chi connectivity index (χ3v) is 3.90. The average molecular weight is 321 g/mol. The van der Waals surface area contributed by atoms with E-state index in [-0.39, 0.29) is 0 Å². The molecule has 1 aromatic heterocycles. The van der Waals surface area contributed by atoms with Gasteiger partial charge in [-0.25, -0.2) is 4.79 Å². The van der Waals surface area contributed by atoms with Crippen molar-refractivity contribution in [3.8, 4) is 11.1 Å². The Hall–Kier alpha value is -2.92. The monoisotopic (exact) mass is 321 g/mol. The second kappa shape index (κ2) is 6.68. The predicted octanol–water partition coefficient (Wildman–Crippen LogP) is 3.05. The van der Waals surface area contributed by atoms with E-state index in [0.717, 1.165) is 22.0 Å². The molecule has 122 valence electrons. The molecule has 0 bridgehead atoms. The summed E-state index contributed by atoms with van der Waals surface area (Å²) in [6.45, 7) is 2.06. The number of esters is 1. The van der Waals surface area contributed by atoms with Crippen LogP contribution in [0.25, 0.3) is 22.0 Å². The second-order valence-corrected chi connectivity index (χ2v) is 5.46. The van der Waals surface area contributed by atoms with E-state index >= 15 is 0 Å². The van der Waals surface area contributed by atoms with Gasteiger partial charge in [0.25, 0.3) is 0 Å². The number of nitrogens with two attached hydrogens (primary N) is 2. The third kappa shape index (κ3) is 2.94. The van der Waals surface area contributed by atoms with Crippen molar-refractivity contribution >= 4 is 22.6 Å². The summed E-state index contributed by atoms with van der Waals surface area (Å²) in [7, 11) is 0. The Morgan fingerprint density at radius 2 is 1.88 bits per heavy atom. The number of para-hydroxylation sites is 1. The van der Waals surface area contributed by atoms with Crippen molar-refractivity contribution in [2.75, 3.05) is 12.3 Å². The van der Waals surface area contributed by atoms with Crippen LogP contribution in [0.3, 0.4) is 0 Å². The van der Waals surface area contributed by atoms with E-state index in [1.807, 2.05) is 48.5 Å². The molecular weight excluding hydrogens is 302 g/mol. The Morgan fingerprint density at radius 3 is 2.58 bits per heavy atom. The first-order chi connectivity index (χ1) is 11.6. The zero-order valence-corrected chi connectivity index (χ0v) is 13.4. The molecule has 3 rings (SSSR count). The van der Waals surface area contributed by atoms with Gasteiger partial charge in [-0.1, -0.05) is 42.5 Å². The van der Waals surface area contributed by atoms with Crippen molar-refractivity contribution in [2.45, 2.75) is 13.0 Å². The maximum absolute atomic E-state index is 11.8. The molecule has 0 aliphatic heterocycles. The minimum absolute atomic E-state index is 0.310. The van der Waals surface area contributed by atoms with Crippen LogP contribution < -0.4 is 11.5 Å². The number of hydrogen-bond acceptors (Lipinski definition) is 5. The quantitative estimate of drug-likeness (QED) is 0.721. The normalized spacial score (nSPS) is 12.1. The van der Waals surface area contributed by atoms with Gasteiger partial charge >= 0.3 is 5.97 Å². The van der Waals surface area contributed by atoms with E-state index in [4.69, 9.17) is 16.2 Å². The summed E-state index contributed by atoms with van der Waals surface area (Å²) in [5.74, 6) is -0.431. The van der Waals surface area contributed by atoms with Gasteiger partial charge in [-0.15, -0.1) is 0 Å². The van der Waals surface area contributed by atoms with Crippen LogP contribution in [-0.4, -0.2) is 17.6 Å². The number of carbonyl (C=O) groups excluding carboxylic acids is 1. The lowest BCUT2D eigenvalue weighted by Gasteiger charge is -2.13. The number of benzene rings is 2. The molecule has 5 nitrogen and oxygen atoms in total. The van der Waals surface area contributed by atoms with Crippen LogP contribution in [-0.2, 0) is 9.53 Å². The highest BCUT2D eigenvalue weighted by Gasteiger charge is 2.17. The smallest absolute Gasteiger partial charge is 0.327 e. The molecule has 1 heterocycles. The van der Waals surface area contributed by atoms with Crippen LogP contribution in [0.15, 0.2) is 54.7 Å². The summed E-state index contributed by atoms with van der Waals surface area (Å²) < 4.78 is 4.96. The van der Waals surface area contributed by atoms with Crippen molar-refractivity contribution in [3.05, 3.63) is 60.3 Å². The van der Waals surface area contributed by atoms with Crippen LogP contribution in [0.2, 0.25) is 0 Å². The highest BCUT2D eigenvalue weighted by molar-refractivity contribution is 6.00. The van der Waals surface area contributed by atoms with Crippen molar-refractivity contribution in [3.63, 3.8) is 0 Å². The molecule has 0 aliphatic rings. The van der Waals surface area contributed by atoms with E-state index in [0.29, 0.717) is 17.9 Å². The molecule has 0 fully saturated rings. The summed E-state index contributed by atoms with van der Waals surface area (Å²) >= 11 is 0. The number of nitrogen functional groups attached to an aromatic ring is 1. The molecule has 0 aliphatic carbocycles. The molecule has 4 N–H and O–H groups in total. The maximum Gasteiger partial charge on any atom is 0.327 e. The third-order valence-electron chi connectivity index (χ3n) is 3.90. The lowest BCUT2D eigenvalue weighted by atomic mass is 9.97. The van der Waals surface area contributed by atoms with Gasteiger partial charge in [0.15, 0.2) is 0 Å². The van der Waals surface area contributed by atoms with Gasteiger partial charge < -0.3 is 16.2 Å². The van der Waals surface area contributed by atoms with E-state index in [2.05, 4.69) is 4.98 Å². The molecular formula is C19H19N3O2. The van der Waals surface area contributed by atoms with Gasteiger partial charge in [-0.3, -0.25) is 4.98 Å². The van der Waals surface area contributed by atoms with Crippen molar-refractivity contribution in [2.24, 2.45) is 5.73 Å². The van der Waals surface area contributed by atoms with Crippen molar-refractivity contribution in [1.29, 1.82) is 0 Å². The topological polar surface area (TPSA) is 91.2 Å². The number of rotatable bonds is 4. The SMILES string of the molecule is CCOC(=O)C(N)c1ccc(-c2c(N)cnc3ccccc23)cc1. The Balaban J connectivity index is 2.00. The molecule has 3 aromatic rings. The lowest BCUT2D eigenvalue weighted by Crippen LogP contribution is -2.23. The molecule has 0 radical (unpaired) electrons. The van der Waals surface area contributed by atoms with Gasteiger partial charge in [-0.2, -0.15) is 0 Å². The first-order valence-electron chi connectivity index (χ1n) is 7.77. The fourth-order valence-corrected chi connectivity index (χ4v) is 2.70. The highest BCUT2D eigenvalue weighted by Crippen LogP contribution is 2.33. The molecule has 1 unspecified atom stereocenters. The molecule has 5 heteroatoms. The van der Waals surface area contributed by atoms with Crippen LogP contribution in [0.5, 0.6) is 0 Å². The van der Waals surface area contributed by atoms with Crippen LogP contribution >= 0.6 is 0 Å². The minimum Gasteiger partial charge on any atom is -0.465 e. The number of ether oxygens (including phenoxy) is 1. The van der Waals surface area contributed by atoms with Gasteiger partial charge in [0.2, 0.25) is 0 Å². The van der Waals surface area contributed by atoms with Crippen LogP contribution in [0.1, 0.15) is 18.5 Å². The highest BCUT2D eigenvalue weighted by atomic mass is 16.5. The average Bonchev–Trinajstić information content (AvgIpc) is 2.61. The first kappa shape index (κ1) is 16.0. The number of nitrogens with zero attached hydrogens (tertiary/aromatic N) is 1. The summed E-state index contributed by atoms with van der Waals surface area (Å²) in [6.07, 6.45) is 1.66. The molecule has 0 saturated carbocycles. The summed E-state index contributed by atoms with van der Waals surface area (Å²) in [6, 6.07) is 14.5. The van der Waals surface area contributed by atoms with Gasteiger partial charge in [0.05, 0.1) is 24.0 Å². The fourth-order valence-electron chi connectivity index (χ4n) is 2.70. The molecule has 0 saturated heterocycles. The predicted molar refractivity (Wildman–Crippen MR) is 95.2 cm³/mol. The molecule has 1 atom stereocenters. The Labute approximate surface area is 140 Å². The standard InChI is InChI=1S/C19H19N3O2/c1-2-24-19(23)18(21)13-9-7-12(8-10-13)17-14-5-3-4-6-16(14)22-11-15(17)20/h3-11,18H,2,20-21H2,1H3. The van der Waals surface area contributed by atoms with Gasteiger partial charge in [-0.05, 0) is 24.1 Å². The lowest BCUT2D eigenvalue weighted by molar-refractivity contribution is -0.144. The van der Waals surface area contributed by atoms with E-state index < -0.39 is 12.0 Å². The Bertz CT molecular complexity index is 875. The number of pyridine rings is 1. The number of anilines is 1. The second-order valence-electron chi connectivity index (χ2n) is 5.46. The van der Waals surface area contributed by atoms with E-state index in [1.165, 1.54) is 0 Å². The largest absolute Gasteiger partial charge is 0.465 e. The summed E-state index contributed by atoms with van der Waals surface area (Å²) in [5.41, 5.74) is 16.1. The fraction of sp³-hybridized carbons (Fsp3) is 0.158. The van der Waals surface area contributed by atoms with Crippen LogP contribution in [0, 0.1) is 0 Å². The Kier molecular flexibility index (Phi) is 4.44. The summed E-state index contributed by atoms with van der Waals surface area (Å²) in [4.78, 5) is 16.1. The number of fused-ring (bicyclic) bond motifs is 1. The summed E-state index contributed by atoms with van der Waals surface area (Å²) in [5, 5.41) is 0.986. The zero-order valence-electron chi connectivity index (χ0n) is 13.4. The minimum atomic E-state index is -0.787. The van der Waals surface area contributed by atoms with E-state index in [1.54, 1.807) is 13.1 Å².